The number of rotatable bonds is 5. The van der Waals surface area contributed by atoms with Gasteiger partial charge in [0.1, 0.15) is 0 Å². The minimum absolute atomic E-state index is 0.0957. The summed E-state index contributed by atoms with van der Waals surface area (Å²) < 4.78 is 7.95. The summed E-state index contributed by atoms with van der Waals surface area (Å²) in [4.78, 5) is 12.4. The first-order valence-electron chi connectivity index (χ1n) is 8.17. The molecule has 6 nitrogen and oxygen atoms in total. The molecule has 1 amide bonds. The maximum atomic E-state index is 12.4. The second-order valence-corrected chi connectivity index (χ2v) is 7.56. The Morgan fingerprint density at radius 1 is 1.15 bits per heavy atom. The monoisotopic (exact) mass is 442 g/mol. The third-order valence-corrected chi connectivity index (χ3v) is 5.47. The van der Waals surface area contributed by atoms with Gasteiger partial charge in [-0.3, -0.25) is 4.79 Å². The molecule has 1 N–H and O–H groups in total. The van der Waals surface area contributed by atoms with Crippen molar-refractivity contribution in [3.63, 3.8) is 0 Å². The van der Waals surface area contributed by atoms with Crippen molar-refractivity contribution in [3.8, 4) is 11.6 Å². The number of thioether (sulfide) groups is 1. The minimum atomic E-state index is -0.0957. The van der Waals surface area contributed by atoms with Crippen molar-refractivity contribution < 1.29 is 9.21 Å². The van der Waals surface area contributed by atoms with E-state index in [4.69, 9.17) is 4.42 Å². The molecule has 0 aliphatic heterocycles. The Morgan fingerprint density at radius 2 is 1.96 bits per heavy atom. The van der Waals surface area contributed by atoms with Gasteiger partial charge >= 0.3 is 0 Å². The highest BCUT2D eigenvalue weighted by Crippen LogP contribution is 2.27. The van der Waals surface area contributed by atoms with Gasteiger partial charge < -0.3 is 14.3 Å². The summed E-state index contributed by atoms with van der Waals surface area (Å²) in [6.45, 7) is 0. The zero-order valence-electron chi connectivity index (χ0n) is 14.3. The van der Waals surface area contributed by atoms with Gasteiger partial charge in [-0.05, 0) is 39.5 Å². The van der Waals surface area contributed by atoms with Gasteiger partial charge in [0.25, 0.3) is 0 Å². The number of halogens is 1. The summed E-state index contributed by atoms with van der Waals surface area (Å²) >= 11 is 4.60. The standard InChI is InChI=1S/C19H15BrN4O2S/c1-24-18(15-9-10-16(20)26-15)22-23-19(24)27-11-17(25)21-14-8-4-6-12-5-2-3-7-13(12)14/h2-10H,11H2,1H3,(H,21,25). The fraction of sp³-hybridized carbons (Fsp3) is 0.105. The van der Waals surface area contributed by atoms with E-state index in [0.29, 0.717) is 21.4 Å². The van der Waals surface area contributed by atoms with Crippen LogP contribution in [0.3, 0.4) is 0 Å². The van der Waals surface area contributed by atoms with Crippen LogP contribution in [0, 0.1) is 0 Å². The van der Waals surface area contributed by atoms with Gasteiger partial charge in [-0.25, -0.2) is 0 Å². The highest BCUT2D eigenvalue weighted by atomic mass is 79.9. The summed E-state index contributed by atoms with van der Waals surface area (Å²) in [5.41, 5.74) is 0.804. The lowest BCUT2D eigenvalue weighted by atomic mass is 10.1. The number of hydrogen-bond acceptors (Lipinski definition) is 5. The predicted molar refractivity (Wildman–Crippen MR) is 110 cm³/mol. The van der Waals surface area contributed by atoms with Gasteiger partial charge in [0, 0.05) is 18.1 Å². The summed E-state index contributed by atoms with van der Waals surface area (Å²) in [6, 6.07) is 17.4. The molecular weight excluding hydrogens is 428 g/mol. The fourth-order valence-electron chi connectivity index (χ4n) is 2.74. The first-order valence-corrected chi connectivity index (χ1v) is 9.95. The molecule has 0 saturated carbocycles. The SMILES string of the molecule is Cn1c(SCC(=O)Nc2cccc3ccccc23)nnc1-c1ccc(Br)o1. The third-order valence-electron chi connectivity index (χ3n) is 4.02. The molecule has 2 heterocycles. The van der Waals surface area contributed by atoms with E-state index in [1.165, 1.54) is 11.8 Å². The smallest absolute Gasteiger partial charge is 0.234 e. The van der Waals surface area contributed by atoms with Crippen molar-refractivity contribution in [1.29, 1.82) is 0 Å². The molecular formula is C19H15BrN4O2S. The number of aromatic nitrogens is 3. The van der Waals surface area contributed by atoms with Crippen LogP contribution in [0.15, 0.2) is 68.8 Å². The maximum absolute atomic E-state index is 12.4. The lowest BCUT2D eigenvalue weighted by molar-refractivity contribution is -0.113. The zero-order valence-corrected chi connectivity index (χ0v) is 16.8. The highest BCUT2D eigenvalue weighted by Gasteiger charge is 2.15. The average Bonchev–Trinajstić information content (AvgIpc) is 3.26. The lowest BCUT2D eigenvalue weighted by Crippen LogP contribution is -2.14. The van der Waals surface area contributed by atoms with Crippen LogP contribution in [-0.2, 0) is 11.8 Å². The van der Waals surface area contributed by atoms with Crippen LogP contribution >= 0.6 is 27.7 Å². The minimum Gasteiger partial charge on any atom is -0.446 e. The van der Waals surface area contributed by atoms with Crippen LogP contribution in [-0.4, -0.2) is 26.4 Å². The summed E-state index contributed by atoms with van der Waals surface area (Å²) in [7, 11) is 1.84. The van der Waals surface area contributed by atoms with Gasteiger partial charge in [0.2, 0.25) is 5.91 Å². The Hall–Kier alpha value is -2.58. The van der Waals surface area contributed by atoms with Crippen molar-refractivity contribution in [3.05, 3.63) is 59.3 Å². The van der Waals surface area contributed by atoms with E-state index >= 15 is 0 Å². The van der Waals surface area contributed by atoms with Gasteiger partial charge in [0.15, 0.2) is 21.4 Å². The van der Waals surface area contributed by atoms with E-state index in [0.717, 1.165) is 16.5 Å². The molecule has 0 spiro atoms. The van der Waals surface area contributed by atoms with Crippen molar-refractivity contribution in [1.82, 2.24) is 14.8 Å². The Kier molecular flexibility index (Phi) is 5.00. The van der Waals surface area contributed by atoms with Crippen LogP contribution in [0.2, 0.25) is 0 Å². The highest BCUT2D eigenvalue weighted by molar-refractivity contribution is 9.10. The lowest BCUT2D eigenvalue weighted by Gasteiger charge is -2.08. The van der Waals surface area contributed by atoms with Crippen LogP contribution < -0.4 is 5.32 Å². The van der Waals surface area contributed by atoms with Gasteiger partial charge in [-0.15, -0.1) is 10.2 Å². The molecule has 0 bridgehead atoms. The summed E-state index contributed by atoms with van der Waals surface area (Å²) in [5, 5.41) is 14.0. The molecule has 136 valence electrons. The number of amides is 1. The Morgan fingerprint density at radius 3 is 2.78 bits per heavy atom. The Bertz CT molecular complexity index is 1120. The quantitative estimate of drug-likeness (QED) is 0.452. The molecule has 8 heteroatoms. The first-order chi connectivity index (χ1) is 13.1. The molecule has 0 unspecified atom stereocenters. The largest absolute Gasteiger partial charge is 0.446 e. The van der Waals surface area contributed by atoms with Crippen LogP contribution in [0.4, 0.5) is 5.69 Å². The number of benzene rings is 2. The number of carbonyl (C=O) groups is 1. The molecule has 0 fully saturated rings. The molecule has 2 aromatic carbocycles. The number of fused-ring (bicyclic) bond motifs is 1. The third kappa shape index (κ3) is 3.77. The number of furan rings is 1. The second kappa shape index (κ2) is 7.58. The number of nitrogens with one attached hydrogen (secondary N) is 1. The predicted octanol–water partition coefficient (Wildman–Crippen LogP) is 4.72. The molecule has 0 radical (unpaired) electrons. The van der Waals surface area contributed by atoms with E-state index < -0.39 is 0 Å². The molecule has 27 heavy (non-hydrogen) atoms. The molecule has 2 aromatic heterocycles. The fourth-order valence-corrected chi connectivity index (χ4v) is 3.76. The van der Waals surface area contributed by atoms with E-state index in [1.807, 2.05) is 55.6 Å². The van der Waals surface area contributed by atoms with Crippen LogP contribution in [0.5, 0.6) is 0 Å². The van der Waals surface area contributed by atoms with Gasteiger partial charge in [0.05, 0.1) is 5.75 Å². The average molecular weight is 443 g/mol. The summed E-state index contributed by atoms with van der Waals surface area (Å²) in [5.74, 6) is 1.36. The normalized spacial score (nSPS) is 11.0. The van der Waals surface area contributed by atoms with E-state index in [1.54, 1.807) is 10.6 Å². The molecule has 0 aliphatic rings. The topological polar surface area (TPSA) is 73.0 Å². The van der Waals surface area contributed by atoms with E-state index in [-0.39, 0.29) is 11.7 Å². The second-order valence-electron chi connectivity index (χ2n) is 5.83. The number of carbonyl (C=O) groups excluding carboxylic acids is 1. The maximum Gasteiger partial charge on any atom is 0.234 e. The molecule has 4 rings (SSSR count). The summed E-state index contributed by atoms with van der Waals surface area (Å²) in [6.07, 6.45) is 0. The number of nitrogens with zero attached hydrogens (tertiary/aromatic N) is 3. The van der Waals surface area contributed by atoms with E-state index in [2.05, 4.69) is 31.4 Å². The number of anilines is 1. The molecule has 0 saturated heterocycles. The van der Waals surface area contributed by atoms with Crippen LogP contribution in [0.25, 0.3) is 22.4 Å². The van der Waals surface area contributed by atoms with Crippen LogP contribution in [0.1, 0.15) is 0 Å². The van der Waals surface area contributed by atoms with Crippen molar-refractivity contribution in [2.45, 2.75) is 5.16 Å². The number of hydrogen-bond donors (Lipinski definition) is 1. The Balaban J connectivity index is 1.45. The molecule has 0 aliphatic carbocycles. The molecule has 4 aromatic rings. The first kappa shape index (κ1) is 17.8. The zero-order chi connectivity index (χ0) is 18.8. The van der Waals surface area contributed by atoms with E-state index in [9.17, 15) is 4.79 Å². The van der Waals surface area contributed by atoms with Crippen molar-refractivity contribution in [2.24, 2.45) is 7.05 Å². The van der Waals surface area contributed by atoms with Crippen molar-refractivity contribution in [2.75, 3.05) is 11.1 Å². The van der Waals surface area contributed by atoms with Gasteiger partial charge in [-0.1, -0.05) is 48.2 Å². The Labute approximate surface area is 168 Å². The van der Waals surface area contributed by atoms with Crippen molar-refractivity contribution >= 4 is 50.1 Å². The molecule has 0 atom stereocenters. The van der Waals surface area contributed by atoms with Gasteiger partial charge in [-0.2, -0.15) is 0 Å².